The van der Waals surface area contributed by atoms with Gasteiger partial charge < -0.3 is 30.8 Å². The number of phenols is 2. The minimum Gasteiger partial charge on any atom is -0.872 e. The van der Waals surface area contributed by atoms with Crippen molar-refractivity contribution in [2.75, 3.05) is 0 Å². The molecule has 1 radical (unpaired) electrons. The average molecular weight is 396 g/mol. The summed E-state index contributed by atoms with van der Waals surface area (Å²) in [6, 6.07) is 7.70. The SMILES string of the molecule is C/C(=N\O)c1ccc(O)cc1[O-].C/C(=N\O)c1ccc(O)cc1[O-].[Cu+2]. The Morgan fingerprint density at radius 3 is 1.32 bits per heavy atom. The number of rotatable bonds is 2. The molecule has 2 aromatic rings. The molecule has 25 heavy (non-hydrogen) atoms. The Bertz CT molecular complexity index is 712. The first-order chi connectivity index (χ1) is 11.3. The molecule has 0 saturated carbocycles. The summed E-state index contributed by atoms with van der Waals surface area (Å²) < 4.78 is 0. The van der Waals surface area contributed by atoms with Crippen LogP contribution in [0.25, 0.3) is 0 Å². The first-order valence-corrected chi connectivity index (χ1v) is 6.68. The van der Waals surface area contributed by atoms with Crippen molar-refractivity contribution in [2.45, 2.75) is 13.8 Å². The quantitative estimate of drug-likeness (QED) is 0.260. The number of hydrogen-bond acceptors (Lipinski definition) is 8. The van der Waals surface area contributed by atoms with E-state index in [9.17, 15) is 10.2 Å². The number of oxime groups is 2. The van der Waals surface area contributed by atoms with Crippen molar-refractivity contribution in [3.05, 3.63) is 47.5 Å². The predicted molar refractivity (Wildman–Crippen MR) is 83.1 cm³/mol. The zero-order valence-electron chi connectivity index (χ0n) is 13.3. The van der Waals surface area contributed by atoms with Gasteiger partial charge in [0, 0.05) is 0 Å². The Hall–Kier alpha value is -2.90. The third-order valence-corrected chi connectivity index (χ3v) is 3.01. The number of phenolic OH excluding ortho intramolecular Hbond substituents is 2. The molecule has 2 rings (SSSR count). The Morgan fingerprint density at radius 1 is 0.760 bits per heavy atom. The number of hydrogen-bond donors (Lipinski definition) is 4. The molecule has 4 N–H and O–H groups in total. The van der Waals surface area contributed by atoms with Crippen LogP contribution in [0.2, 0.25) is 0 Å². The van der Waals surface area contributed by atoms with E-state index in [1.165, 1.54) is 38.1 Å². The smallest absolute Gasteiger partial charge is 0.872 e. The summed E-state index contributed by atoms with van der Waals surface area (Å²) in [7, 11) is 0. The molecular weight excluding hydrogens is 380 g/mol. The Kier molecular flexibility index (Phi) is 8.90. The third kappa shape index (κ3) is 6.25. The van der Waals surface area contributed by atoms with E-state index in [2.05, 4.69) is 10.3 Å². The first kappa shape index (κ1) is 22.1. The van der Waals surface area contributed by atoms with Gasteiger partial charge in [-0.05, 0) is 61.4 Å². The van der Waals surface area contributed by atoms with Crippen molar-refractivity contribution in [3.8, 4) is 23.0 Å². The fourth-order valence-electron chi connectivity index (χ4n) is 1.73. The fourth-order valence-corrected chi connectivity index (χ4v) is 1.73. The maximum absolute atomic E-state index is 11.1. The number of nitrogens with zero attached hydrogens (tertiary/aromatic N) is 2. The van der Waals surface area contributed by atoms with Crippen LogP contribution in [0.15, 0.2) is 46.7 Å². The second-order valence-electron chi connectivity index (χ2n) is 4.73. The monoisotopic (exact) mass is 395 g/mol. The van der Waals surface area contributed by atoms with Crippen LogP contribution in [-0.2, 0) is 17.1 Å². The van der Waals surface area contributed by atoms with Crippen molar-refractivity contribution in [1.82, 2.24) is 0 Å². The van der Waals surface area contributed by atoms with Crippen LogP contribution in [0.5, 0.6) is 23.0 Å². The standard InChI is InChI=1S/2C8H9NO3.Cu/c2*1-5(9-12)7-3-2-6(10)4-8(7)11;/h2*2-4,10-12H,1H3;/q;;+2/p-2/b2*9-5+;. The number of benzene rings is 2. The van der Waals surface area contributed by atoms with E-state index in [-0.39, 0.29) is 62.6 Å². The molecule has 2 aromatic carbocycles. The van der Waals surface area contributed by atoms with Gasteiger partial charge in [-0.15, -0.1) is 0 Å². The largest absolute Gasteiger partial charge is 2.00 e. The maximum Gasteiger partial charge on any atom is 2.00 e. The molecule has 0 unspecified atom stereocenters. The Labute approximate surface area is 154 Å². The molecule has 0 spiro atoms. The molecule has 137 valence electrons. The fraction of sp³-hybridized carbons (Fsp3) is 0.125. The molecule has 0 aliphatic rings. The van der Waals surface area contributed by atoms with Gasteiger partial charge in [0.15, 0.2) is 0 Å². The second-order valence-corrected chi connectivity index (χ2v) is 4.73. The van der Waals surface area contributed by atoms with Crippen molar-refractivity contribution in [3.63, 3.8) is 0 Å². The summed E-state index contributed by atoms with van der Waals surface area (Å²) in [5.41, 5.74) is 1.05. The molecule has 9 heteroatoms. The molecule has 0 aromatic heterocycles. The van der Waals surface area contributed by atoms with Crippen LogP contribution in [0.3, 0.4) is 0 Å². The van der Waals surface area contributed by atoms with Gasteiger partial charge in [-0.3, -0.25) is 0 Å². The molecular formula is C16H16CuN2O6. The second kappa shape index (κ2) is 10.1. The van der Waals surface area contributed by atoms with E-state index in [0.29, 0.717) is 0 Å². The summed E-state index contributed by atoms with van der Waals surface area (Å²) in [6.07, 6.45) is 0. The molecule has 0 saturated heterocycles. The first-order valence-electron chi connectivity index (χ1n) is 6.68. The van der Waals surface area contributed by atoms with Gasteiger partial charge in [0.05, 0.1) is 11.4 Å². The summed E-state index contributed by atoms with van der Waals surface area (Å²) in [5.74, 6) is -0.889. The van der Waals surface area contributed by atoms with Gasteiger partial charge in [-0.1, -0.05) is 21.8 Å². The molecule has 0 bridgehead atoms. The minimum atomic E-state index is -0.356. The van der Waals surface area contributed by atoms with Crippen LogP contribution in [-0.4, -0.2) is 32.1 Å². The van der Waals surface area contributed by atoms with Crippen LogP contribution >= 0.6 is 0 Å². The summed E-state index contributed by atoms with van der Waals surface area (Å²) >= 11 is 0. The number of aromatic hydroxyl groups is 2. The molecule has 8 nitrogen and oxygen atoms in total. The minimum absolute atomic E-state index is 0. The average Bonchev–Trinajstić information content (AvgIpc) is 2.54. The van der Waals surface area contributed by atoms with Gasteiger partial charge in [0.2, 0.25) is 0 Å². The van der Waals surface area contributed by atoms with Crippen molar-refractivity contribution >= 4 is 11.4 Å². The van der Waals surface area contributed by atoms with Crippen LogP contribution < -0.4 is 10.2 Å². The van der Waals surface area contributed by atoms with Crippen molar-refractivity contribution in [2.24, 2.45) is 10.3 Å². The zero-order chi connectivity index (χ0) is 18.3. The zero-order valence-corrected chi connectivity index (χ0v) is 14.2. The van der Waals surface area contributed by atoms with Gasteiger partial charge in [-0.2, -0.15) is 0 Å². The van der Waals surface area contributed by atoms with E-state index in [4.69, 9.17) is 20.6 Å². The van der Waals surface area contributed by atoms with Crippen molar-refractivity contribution in [1.29, 1.82) is 0 Å². The van der Waals surface area contributed by atoms with Gasteiger partial charge in [-0.25, -0.2) is 0 Å². The van der Waals surface area contributed by atoms with Gasteiger partial charge in [0.1, 0.15) is 11.5 Å². The predicted octanol–water partition coefficient (Wildman–Crippen LogP) is 1.33. The van der Waals surface area contributed by atoms with Crippen LogP contribution in [0, 0.1) is 0 Å². The Morgan fingerprint density at radius 2 is 1.08 bits per heavy atom. The van der Waals surface area contributed by atoms with E-state index in [1.807, 2.05) is 0 Å². The normalized spacial score (nSPS) is 11.1. The maximum atomic E-state index is 11.1. The van der Waals surface area contributed by atoms with E-state index >= 15 is 0 Å². The van der Waals surface area contributed by atoms with Crippen LogP contribution in [0.4, 0.5) is 0 Å². The summed E-state index contributed by atoms with van der Waals surface area (Å²) in [4.78, 5) is 0. The molecule has 0 amide bonds. The van der Waals surface area contributed by atoms with E-state index in [1.54, 1.807) is 0 Å². The topological polar surface area (TPSA) is 152 Å². The van der Waals surface area contributed by atoms with Gasteiger partial charge >= 0.3 is 17.1 Å². The van der Waals surface area contributed by atoms with Gasteiger partial charge in [0.25, 0.3) is 0 Å². The van der Waals surface area contributed by atoms with E-state index < -0.39 is 0 Å². The van der Waals surface area contributed by atoms with E-state index in [0.717, 1.165) is 12.1 Å². The summed E-state index contributed by atoms with van der Waals surface area (Å²) in [5, 5.41) is 62.5. The molecule has 0 heterocycles. The molecule has 0 fully saturated rings. The molecule has 0 atom stereocenters. The molecule has 0 aliphatic heterocycles. The Balaban J connectivity index is 0.000000443. The summed E-state index contributed by atoms with van der Waals surface area (Å²) in [6.45, 7) is 3.02. The van der Waals surface area contributed by atoms with Crippen LogP contribution in [0.1, 0.15) is 25.0 Å². The molecule has 0 aliphatic carbocycles. The van der Waals surface area contributed by atoms with Crippen molar-refractivity contribution < 1.29 is 47.9 Å². The third-order valence-electron chi connectivity index (χ3n) is 3.01.